The van der Waals surface area contributed by atoms with Gasteiger partial charge in [0, 0.05) is 17.2 Å². The number of carbonyl (C=O) groups excluding carboxylic acids is 1. The Hall–Kier alpha value is -3.87. The molecule has 30 heavy (non-hydrogen) atoms. The van der Waals surface area contributed by atoms with Crippen molar-refractivity contribution in [3.8, 4) is 45.4 Å². The highest BCUT2D eigenvalue weighted by atomic mass is 16.7. The number of benzene rings is 2. The molecule has 5 rings (SSSR count). The van der Waals surface area contributed by atoms with Crippen molar-refractivity contribution in [3.63, 3.8) is 0 Å². The number of esters is 1. The van der Waals surface area contributed by atoms with Crippen LogP contribution in [0.3, 0.4) is 0 Å². The van der Waals surface area contributed by atoms with Crippen molar-refractivity contribution in [3.05, 3.63) is 54.3 Å². The van der Waals surface area contributed by atoms with E-state index >= 15 is 0 Å². The van der Waals surface area contributed by atoms with Crippen LogP contribution in [0.15, 0.2) is 53.0 Å². The lowest BCUT2D eigenvalue weighted by Crippen LogP contribution is -1.98. The highest BCUT2D eigenvalue weighted by Crippen LogP contribution is 2.43. The fraction of sp³-hybridized carbons (Fsp3) is 0.174. The molecule has 0 bridgehead atoms. The minimum Gasteiger partial charge on any atom is -0.463 e. The second-order valence-electron chi connectivity index (χ2n) is 6.61. The molecule has 7 nitrogen and oxygen atoms in total. The summed E-state index contributed by atoms with van der Waals surface area (Å²) < 4.78 is 32.9. The zero-order valence-electron chi connectivity index (χ0n) is 16.2. The second kappa shape index (κ2) is 7.51. The number of carbonyl (C=O) groups is 1. The molecule has 152 valence electrons. The van der Waals surface area contributed by atoms with Crippen LogP contribution in [0.25, 0.3) is 28.5 Å². The van der Waals surface area contributed by atoms with Gasteiger partial charge in [0.25, 0.3) is 0 Å². The van der Waals surface area contributed by atoms with E-state index in [-0.39, 0.29) is 13.6 Å². The fourth-order valence-corrected chi connectivity index (χ4v) is 3.36. The summed E-state index contributed by atoms with van der Waals surface area (Å²) >= 11 is 0. The van der Waals surface area contributed by atoms with Crippen LogP contribution in [-0.4, -0.2) is 26.2 Å². The minimum absolute atomic E-state index is 0.194. The molecule has 7 heteroatoms. The number of rotatable bonds is 5. The first kappa shape index (κ1) is 18.2. The highest BCUT2D eigenvalue weighted by molar-refractivity contribution is 5.88. The molecule has 2 aromatic carbocycles. The molecular formula is C23H18O7. The van der Waals surface area contributed by atoms with Crippen molar-refractivity contribution in [1.29, 1.82) is 0 Å². The van der Waals surface area contributed by atoms with Gasteiger partial charge >= 0.3 is 5.97 Å². The number of ether oxygens (including phenoxy) is 5. The van der Waals surface area contributed by atoms with Crippen LogP contribution in [0.2, 0.25) is 0 Å². The molecule has 0 radical (unpaired) electrons. The van der Waals surface area contributed by atoms with Crippen LogP contribution >= 0.6 is 0 Å². The molecular weight excluding hydrogens is 388 g/mol. The average molecular weight is 406 g/mol. The summed E-state index contributed by atoms with van der Waals surface area (Å²) in [7, 11) is 0. The smallest absolute Gasteiger partial charge is 0.330 e. The van der Waals surface area contributed by atoms with E-state index in [9.17, 15) is 4.79 Å². The maximum Gasteiger partial charge on any atom is 0.330 e. The Labute approximate surface area is 172 Å². The Balaban J connectivity index is 1.58. The molecule has 2 aliphatic rings. The number of hydrogen-bond acceptors (Lipinski definition) is 7. The van der Waals surface area contributed by atoms with Gasteiger partial charge in [-0.25, -0.2) is 4.79 Å². The van der Waals surface area contributed by atoms with Gasteiger partial charge in [0.05, 0.1) is 6.61 Å². The lowest BCUT2D eigenvalue weighted by molar-refractivity contribution is -0.137. The first-order valence-corrected chi connectivity index (χ1v) is 9.50. The van der Waals surface area contributed by atoms with E-state index in [1.807, 2.05) is 42.5 Å². The molecule has 0 saturated heterocycles. The van der Waals surface area contributed by atoms with Gasteiger partial charge in [0.1, 0.15) is 11.5 Å². The summed E-state index contributed by atoms with van der Waals surface area (Å²) in [5.74, 6) is 3.45. The van der Waals surface area contributed by atoms with Crippen molar-refractivity contribution >= 4 is 12.0 Å². The van der Waals surface area contributed by atoms with E-state index in [1.54, 1.807) is 13.0 Å². The normalized spacial score (nSPS) is 13.8. The lowest BCUT2D eigenvalue weighted by Gasteiger charge is -2.05. The van der Waals surface area contributed by atoms with Gasteiger partial charge < -0.3 is 28.1 Å². The van der Waals surface area contributed by atoms with E-state index in [4.69, 9.17) is 28.1 Å². The fourth-order valence-electron chi connectivity index (χ4n) is 3.36. The van der Waals surface area contributed by atoms with Gasteiger partial charge in [-0.1, -0.05) is 6.07 Å². The third-order valence-corrected chi connectivity index (χ3v) is 4.74. The summed E-state index contributed by atoms with van der Waals surface area (Å²) in [4.78, 5) is 11.7. The summed E-state index contributed by atoms with van der Waals surface area (Å²) in [6.45, 7) is 2.46. The molecule has 3 aromatic rings. The largest absolute Gasteiger partial charge is 0.463 e. The van der Waals surface area contributed by atoms with Gasteiger partial charge in [-0.15, -0.1) is 0 Å². The SMILES string of the molecule is CCOC(=O)/C=C/c1cc(-c2ccc3c(c2)OCO3)c(-c2ccc3c(c2)OCO3)o1. The van der Waals surface area contributed by atoms with Gasteiger partial charge in [-0.05, 0) is 55.0 Å². The van der Waals surface area contributed by atoms with E-state index in [0.29, 0.717) is 41.1 Å². The molecule has 0 aliphatic carbocycles. The summed E-state index contributed by atoms with van der Waals surface area (Å²) in [5.41, 5.74) is 2.56. The van der Waals surface area contributed by atoms with Crippen LogP contribution in [0.1, 0.15) is 12.7 Å². The molecule has 0 N–H and O–H groups in total. The van der Waals surface area contributed by atoms with Crippen LogP contribution < -0.4 is 18.9 Å². The van der Waals surface area contributed by atoms with Gasteiger partial charge in [-0.2, -0.15) is 0 Å². The molecule has 3 heterocycles. The van der Waals surface area contributed by atoms with E-state index in [2.05, 4.69) is 0 Å². The summed E-state index contributed by atoms with van der Waals surface area (Å²) in [6, 6.07) is 13.2. The van der Waals surface area contributed by atoms with Crippen molar-refractivity contribution in [2.24, 2.45) is 0 Å². The van der Waals surface area contributed by atoms with Gasteiger partial charge in [-0.3, -0.25) is 0 Å². The molecule has 0 fully saturated rings. The Morgan fingerprint density at radius 2 is 1.53 bits per heavy atom. The molecule has 0 unspecified atom stereocenters. The van der Waals surface area contributed by atoms with Gasteiger partial charge in [0.2, 0.25) is 13.6 Å². The first-order chi connectivity index (χ1) is 14.7. The topological polar surface area (TPSA) is 76.4 Å². The second-order valence-corrected chi connectivity index (χ2v) is 6.61. The Kier molecular flexibility index (Phi) is 4.55. The van der Waals surface area contributed by atoms with Gasteiger partial charge in [0.15, 0.2) is 23.0 Å². The van der Waals surface area contributed by atoms with E-state index < -0.39 is 5.97 Å². The predicted molar refractivity (Wildman–Crippen MR) is 107 cm³/mol. The quantitative estimate of drug-likeness (QED) is 0.451. The van der Waals surface area contributed by atoms with Crippen LogP contribution in [0.5, 0.6) is 23.0 Å². The Morgan fingerprint density at radius 3 is 2.23 bits per heavy atom. The van der Waals surface area contributed by atoms with Crippen LogP contribution in [0.4, 0.5) is 0 Å². The zero-order valence-corrected chi connectivity index (χ0v) is 16.2. The Bertz CT molecular complexity index is 1070. The number of fused-ring (bicyclic) bond motifs is 2. The summed E-state index contributed by atoms with van der Waals surface area (Å²) in [5, 5.41) is 0. The standard InChI is InChI=1S/C23H18O7/c1-2-25-22(24)8-5-16-11-17(14-3-6-18-20(9-14)28-12-26-18)23(30-16)15-4-7-19-21(10-15)29-13-27-19/h3-11H,2,12-13H2,1H3/b8-5+. The third-order valence-electron chi connectivity index (χ3n) is 4.74. The van der Waals surface area contributed by atoms with Crippen molar-refractivity contribution in [2.45, 2.75) is 6.92 Å². The monoisotopic (exact) mass is 406 g/mol. The zero-order chi connectivity index (χ0) is 20.5. The van der Waals surface area contributed by atoms with Crippen LogP contribution in [0, 0.1) is 0 Å². The highest BCUT2D eigenvalue weighted by Gasteiger charge is 2.21. The molecule has 2 aliphatic heterocycles. The molecule has 0 spiro atoms. The molecule has 0 saturated carbocycles. The van der Waals surface area contributed by atoms with Crippen molar-refractivity contribution < 1.29 is 32.9 Å². The third kappa shape index (κ3) is 3.34. The number of hydrogen-bond donors (Lipinski definition) is 0. The maximum absolute atomic E-state index is 11.7. The maximum atomic E-state index is 11.7. The molecule has 1 aromatic heterocycles. The minimum atomic E-state index is -0.428. The average Bonchev–Trinajstić information content (AvgIpc) is 3.50. The summed E-state index contributed by atoms with van der Waals surface area (Å²) in [6.07, 6.45) is 2.93. The first-order valence-electron chi connectivity index (χ1n) is 9.50. The molecule has 0 atom stereocenters. The molecule has 0 amide bonds. The van der Waals surface area contributed by atoms with Crippen molar-refractivity contribution in [2.75, 3.05) is 20.2 Å². The predicted octanol–water partition coefficient (Wildman–Crippen LogP) is 4.65. The van der Waals surface area contributed by atoms with E-state index in [1.165, 1.54) is 6.08 Å². The Morgan fingerprint density at radius 1 is 0.900 bits per heavy atom. The van der Waals surface area contributed by atoms with Crippen molar-refractivity contribution in [1.82, 2.24) is 0 Å². The lowest BCUT2D eigenvalue weighted by atomic mass is 10.0. The number of furan rings is 1. The van der Waals surface area contributed by atoms with Crippen LogP contribution in [-0.2, 0) is 9.53 Å². The van der Waals surface area contributed by atoms with E-state index in [0.717, 1.165) is 16.7 Å².